The maximum Gasteiger partial charge on any atom is 0.122 e. The van der Waals surface area contributed by atoms with E-state index in [2.05, 4.69) is 25.7 Å². The fourth-order valence-electron chi connectivity index (χ4n) is 5.12. The van der Waals surface area contributed by atoms with Gasteiger partial charge in [-0.2, -0.15) is 0 Å². The molecule has 2 nitrogen and oxygen atoms in total. The van der Waals surface area contributed by atoms with Crippen LogP contribution in [0.2, 0.25) is 0 Å². The van der Waals surface area contributed by atoms with Crippen LogP contribution >= 0.6 is 0 Å². The summed E-state index contributed by atoms with van der Waals surface area (Å²) in [6, 6.07) is 0. The molecule has 2 heteroatoms. The van der Waals surface area contributed by atoms with Gasteiger partial charge in [-0.1, -0.05) is 20.8 Å². The Kier molecular flexibility index (Phi) is 2.79. The van der Waals surface area contributed by atoms with Crippen LogP contribution in [0.15, 0.2) is 0 Å². The lowest BCUT2D eigenvalue weighted by Gasteiger charge is -2.64. The molecule has 0 N–H and O–H groups in total. The van der Waals surface area contributed by atoms with Gasteiger partial charge in [-0.25, -0.2) is 0 Å². The topological polar surface area (TPSA) is 12.5 Å². The molecule has 2 saturated carbocycles. The SMILES string of the molecule is CCN(CC)C12C[C@@H]3C[C@@H](CC(CC)(C3)O1)C2. The molecule has 0 radical (unpaired) electrons. The van der Waals surface area contributed by atoms with Crippen LogP contribution in [0.3, 0.4) is 0 Å². The molecule has 98 valence electrons. The zero-order valence-corrected chi connectivity index (χ0v) is 11.7. The van der Waals surface area contributed by atoms with Gasteiger partial charge in [0.25, 0.3) is 0 Å². The van der Waals surface area contributed by atoms with Gasteiger partial charge in [-0.15, -0.1) is 0 Å². The summed E-state index contributed by atoms with van der Waals surface area (Å²) in [5.74, 6) is 1.88. The molecule has 0 aromatic carbocycles. The third-order valence-electron chi connectivity index (χ3n) is 5.59. The molecule has 0 amide bonds. The number of rotatable bonds is 4. The first-order chi connectivity index (χ1) is 8.15. The van der Waals surface area contributed by atoms with Crippen molar-refractivity contribution in [1.82, 2.24) is 4.90 Å². The second-order valence-electron chi connectivity index (χ2n) is 6.54. The lowest BCUT2D eigenvalue weighted by Crippen LogP contribution is -2.67. The van der Waals surface area contributed by atoms with Crippen LogP contribution in [0.25, 0.3) is 0 Å². The second kappa shape index (κ2) is 3.96. The maximum absolute atomic E-state index is 6.72. The minimum Gasteiger partial charge on any atom is -0.354 e. The van der Waals surface area contributed by atoms with Crippen molar-refractivity contribution in [2.24, 2.45) is 11.8 Å². The largest absolute Gasteiger partial charge is 0.354 e. The van der Waals surface area contributed by atoms with Gasteiger partial charge in [0.1, 0.15) is 5.72 Å². The van der Waals surface area contributed by atoms with Crippen molar-refractivity contribution < 1.29 is 4.74 Å². The molecule has 0 aromatic heterocycles. The van der Waals surface area contributed by atoms with Crippen molar-refractivity contribution in [2.45, 2.75) is 70.6 Å². The molecule has 4 atom stereocenters. The number of hydrogen-bond acceptors (Lipinski definition) is 2. The molecular formula is C15H27NO. The van der Waals surface area contributed by atoms with Gasteiger partial charge in [0.05, 0.1) is 5.60 Å². The fraction of sp³-hybridized carbons (Fsp3) is 1.00. The average molecular weight is 237 g/mol. The molecule has 2 aliphatic carbocycles. The Morgan fingerprint density at radius 3 is 2.06 bits per heavy atom. The van der Waals surface area contributed by atoms with Crippen LogP contribution < -0.4 is 0 Å². The van der Waals surface area contributed by atoms with Crippen LogP contribution in [-0.4, -0.2) is 29.3 Å². The highest BCUT2D eigenvalue weighted by Gasteiger charge is 2.59. The van der Waals surface area contributed by atoms with Crippen molar-refractivity contribution in [3.8, 4) is 0 Å². The minimum atomic E-state index is 0.115. The number of hydrogen-bond donors (Lipinski definition) is 0. The van der Waals surface area contributed by atoms with Crippen molar-refractivity contribution in [2.75, 3.05) is 13.1 Å². The van der Waals surface area contributed by atoms with E-state index < -0.39 is 0 Å². The summed E-state index contributed by atoms with van der Waals surface area (Å²) in [5, 5.41) is 0. The van der Waals surface area contributed by atoms with Crippen molar-refractivity contribution in [3.63, 3.8) is 0 Å². The molecule has 4 rings (SSSR count). The Hall–Kier alpha value is -0.0800. The zero-order valence-electron chi connectivity index (χ0n) is 11.7. The summed E-state index contributed by atoms with van der Waals surface area (Å²) in [4.78, 5) is 2.59. The summed E-state index contributed by atoms with van der Waals surface area (Å²) < 4.78 is 6.72. The summed E-state index contributed by atoms with van der Waals surface area (Å²) >= 11 is 0. The van der Waals surface area contributed by atoms with E-state index in [0.29, 0.717) is 0 Å². The van der Waals surface area contributed by atoms with Gasteiger partial charge in [-0.3, -0.25) is 4.90 Å². The molecular weight excluding hydrogens is 210 g/mol. The number of nitrogens with zero attached hydrogens (tertiary/aromatic N) is 1. The molecule has 4 fully saturated rings. The Balaban J connectivity index is 1.91. The van der Waals surface area contributed by atoms with Crippen molar-refractivity contribution in [1.29, 1.82) is 0 Å². The molecule has 2 heterocycles. The summed E-state index contributed by atoms with van der Waals surface area (Å²) in [7, 11) is 0. The van der Waals surface area contributed by atoms with E-state index in [1.807, 2.05) is 0 Å². The summed E-state index contributed by atoms with van der Waals surface area (Å²) in [6.07, 6.45) is 7.96. The predicted octanol–water partition coefficient (Wildman–Crippen LogP) is 3.41. The highest BCUT2D eigenvalue weighted by Crippen LogP contribution is 2.59. The van der Waals surface area contributed by atoms with Crippen LogP contribution in [0.5, 0.6) is 0 Å². The minimum absolute atomic E-state index is 0.115. The third-order valence-corrected chi connectivity index (χ3v) is 5.59. The molecule has 4 aliphatic rings. The van der Waals surface area contributed by atoms with E-state index in [-0.39, 0.29) is 11.3 Å². The van der Waals surface area contributed by atoms with Crippen LogP contribution in [-0.2, 0) is 4.74 Å². The van der Waals surface area contributed by atoms with Gasteiger partial charge >= 0.3 is 0 Å². The van der Waals surface area contributed by atoms with Gasteiger partial charge in [-0.05, 0) is 63.5 Å². The maximum atomic E-state index is 6.72. The molecule has 2 aliphatic heterocycles. The molecule has 0 aromatic rings. The summed E-state index contributed by atoms with van der Waals surface area (Å²) in [6.45, 7) is 9.16. The van der Waals surface area contributed by atoms with Gasteiger partial charge in [0, 0.05) is 0 Å². The quantitative estimate of drug-likeness (QED) is 0.743. The standard InChI is InChI=1S/C15H27NO/c1-4-14-8-12-7-13(9-14)11-15(10-12,17-14)16(5-2)6-3/h12-13H,4-11H2,1-3H3/t12-,13+,14?,15?. The van der Waals surface area contributed by atoms with E-state index in [1.54, 1.807) is 0 Å². The Labute approximate surface area is 106 Å². The van der Waals surface area contributed by atoms with E-state index in [9.17, 15) is 0 Å². The Morgan fingerprint density at radius 2 is 1.59 bits per heavy atom. The lowest BCUT2D eigenvalue weighted by atomic mass is 9.59. The average Bonchev–Trinajstić information content (AvgIpc) is 2.28. The van der Waals surface area contributed by atoms with E-state index in [0.717, 1.165) is 24.9 Å². The first-order valence-electron chi connectivity index (χ1n) is 7.60. The van der Waals surface area contributed by atoms with E-state index >= 15 is 0 Å². The predicted molar refractivity (Wildman–Crippen MR) is 69.8 cm³/mol. The zero-order chi connectivity index (χ0) is 12.1. The Morgan fingerprint density at radius 1 is 1.00 bits per heavy atom. The molecule has 2 saturated heterocycles. The first-order valence-corrected chi connectivity index (χ1v) is 7.60. The third kappa shape index (κ3) is 1.67. The monoisotopic (exact) mass is 237 g/mol. The molecule has 17 heavy (non-hydrogen) atoms. The van der Waals surface area contributed by atoms with E-state index in [1.165, 1.54) is 38.5 Å². The smallest absolute Gasteiger partial charge is 0.122 e. The Bertz CT molecular complexity index is 283. The summed E-state index contributed by atoms with van der Waals surface area (Å²) in [5.41, 5.74) is 0.357. The second-order valence-corrected chi connectivity index (χ2v) is 6.54. The van der Waals surface area contributed by atoms with Crippen molar-refractivity contribution >= 4 is 0 Å². The first kappa shape index (κ1) is 12.0. The molecule has 0 spiro atoms. The highest BCUT2D eigenvalue weighted by molar-refractivity contribution is 5.07. The van der Waals surface area contributed by atoms with Crippen LogP contribution in [0.1, 0.15) is 59.3 Å². The lowest BCUT2D eigenvalue weighted by molar-refractivity contribution is -0.325. The van der Waals surface area contributed by atoms with Gasteiger partial charge < -0.3 is 4.74 Å². The van der Waals surface area contributed by atoms with Gasteiger partial charge in [0.15, 0.2) is 0 Å². The van der Waals surface area contributed by atoms with Crippen LogP contribution in [0, 0.1) is 11.8 Å². The van der Waals surface area contributed by atoms with Gasteiger partial charge in [0.2, 0.25) is 0 Å². The molecule has 4 bridgehead atoms. The van der Waals surface area contributed by atoms with Crippen LogP contribution in [0.4, 0.5) is 0 Å². The molecule has 2 unspecified atom stereocenters. The number of ether oxygens (including phenoxy) is 1. The van der Waals surface area contributed by atoms with E-state index in [4.69, 9.17) is 4.74 Å². The van der Waals surface area contributed by atoms with Crippen molar-refractivity contribution in [3.05, 3.63) is 0 Å². The fourth-order valence-corrected chi connectivity index (χ4v) is 5.12. The normalized spacial score (nSPS) is 48.0. The highest BCUT2D eigenvalue weighted by atomic mass is 16.5.